The molecule has 0 radical (unpaired) electrons. The van der Waals surface area contributed by atoms with Gasteiger partial charge in [-0.05, 0) is 54.2 Å². The minimum atomic E-state index is -0.744. The van der Waals surface area contributed by atoms with Crippen molar-refractivity contribution in [1.82, 2.24) is 5.32 Å². The highest BCUT2D eigenvalue weighted by Crippen LogP contribution is 2.28. The van der Waals surface area contributed by atoms with Crippen LogP contribution < -0.4 is 10.1 Å². The molecule has 1 N–H and O–H groups in total. The first-order valence-electron chi connectivity index (χ1n) is 11.0. The Morgan fingerprint density at radius 3 is 2.45 bits per heavy atom. The Morgan fingerprint density at radius 2 is 1.77 bits per heavy atom. The standard InChI is InChI=1S/C26H29NO4/c1-2-21-9-5-6-10-25(21)31-22-14-11-20(12-15-22)17-23(24(29)18-28)27-26(30)16-13-19-7-3-4-8-19/h5-6,9-12,14-15,17-19H,2-4,7-8,13,16H2,1H3,(H,27,30)/b23-17-. The fraction of sp³-hybridized carbons (Fsp3) is 0.346. The number of para-hydroxylation sites is 1. The molecule has 2 aromatic rings. The van der Waals surface area contributed by atoms with Gasteiger partial charge in [-0.25, -0.2) is 0 Å². The summed E-state index contributed by atoms with van der Waals surface area (Å²) in [5, 5.41) is 2.62. The zero-order valence-electron chi connectivity index (χ0n) is 17.9. The molecule has 3 rings (SSSR count). The number of aryl methyl sites for hydroxylation is 1. The summed E-state index contributed by atoms with van der Waals surface area (Å²) in [6.45, 7) is 2.07. The van der Waals surface area contributed by atoms with E-state index in [4.69, 9.17) is 4.74 Å². The van der Waals surface area contributed by atoms with Crippen LogP contribution in [0, 0.1) is 5.92 Å². The number of carbonyl (C=O) groups is 3. The predicted octanol–water partition coefficient (Wildman–Crippen LogP) is 5.24. The summed E-state index contributed by atoms with van der Waals surface area (Å²) in [4.78, 5) is 35.4. The van der Waals surface area contributed by atoms with Crippen molar-refractivity contribution in [3.05, 3.63) is 65.4 Å². The van der Waals surface area contributed by atoms with E-state index < -0.39 is 5.78 Å². The molecule has 1 saturated carbocycles. The molecular weight excluding hydrogens is 390 g/mol. The van der Waals surface area contributed by atoms with Crippen LogP contribution in [-0.4, -0.2) is 18.0 Å². The number of rotatable bonds is 10. The van der Waals surface area contributed by atoms with Crippen LogP contribution >= 0.6 is 0 Å². The van der Waals surface area contributed by atoms with Crippen molar-refractivity contribution < 1.29 is 19.1 Å². The lowest BCUT2D eigenvalue weighted by Gasteiger charge is -2.11. The maximum atomic E-state index is 12.3. The van der Waals surface area contributed by atoms with Crippen LogP contribution in [-0.2, 0) is 20.8 Å². The molecule has 5 nitrogen and oxygen atoms in total. The van der Waals surface area contributed by atoms with Crippen LogP contribution in [0.1, 0.15) is 56.6 Å². The van der Waals surface area contributed by atoms with Crippen molar-refractivity contribution in [3.8, 4) is 11.5 Å². The third kappa shape index (κ3) is 6.64. The van der Waals surface area contributed by atoms with E-state index >= 15 is 0 Å². The molecule has 162 valence electrons. The average molecular weight is 420 g/mol. The molecule has 0 aliphatic heterocycles. The van der Waals surface area contributed by atoms with E-state index in [0.717, 1.165) is 24.2 Å². The van der Waals surface area contributed by atoms with Gasteiger partial charge in [-0.2, -0.15) is 0 Å². The monoisotopic (exact) mass is 419 g/mol. The third-order valence-electron chi connectivity index (χ3n) is 5.67. The van der Waals surface area contributed by atoms with Crippen LogP contribution in [0.15, 0.2) is 54.2 Å². The van der Waals surface area contributed by atoms with Crippen LogP contribution in [0.3, 0.4) is 0 Å². The molecule has 1 fully saturated rings. The highest BCUT2D eigenvalue weighted by atomic mass is 16.5. The van der Waals surface area contributed by atoms with Gasteiger partial charge in [0.15, 0.2) is 6.29 Å². The number of hydrogen-bond donors (Lipinski definition) is 1. The zero-order valence-corrected chi connectivity index (χ0v) is 17.9. The van der Waals surface area contributed by atoms with Crippen molar-refractivity contribution in [1.29, 1.82) is 0 Å². The summed E-state index contributed by atoms with van der Waals surface area (Å²) in [6.07, 6.45) is 8.58. The smallest absolute Gasteiger partial charge is 0.241 e. The molecule has 1 amide bonds. The normalized spacial score (nSPS) is 14.3. The van der Waals surface area contributed by atoms with Gasteiger partial charge in [0.1, 0.15) is 11.5 Å². The van der Waals surface area contributed by atoms with Crippen LogP contribution in [0.5, 0.6) is 11.5 Å². The summed E-state index contributed by atoms with van der Waals surface area (Å²) < 4.78 is 5.96. The number of ketones is 1. The van der Waals surface area contributed by atoms with E-state index in [1.54, 1.807) is 24.3 Å². The van der Waals surface area contributed by atoms with Gasteiger partial charge >= 0.3 is 0 Å². The minimum absolute atomic E-state index is 0.00332. The first-order valence-corrected chi connectivity index (χ1v) is 11.0. The van der Waals surface area contributed by atoms with Gasteiger partial charge in [0, 0.05) is 6.42 Å². The number of benzene rings is 2. The van der Waals surface area contributed by atoms with Crippen LogP contribution in [0.25, 0.3) is 6.08 Å². The lowest BCUT2D eigenvalue weighted by molar-refractivity contribution is -0.128. The van der Waals surface area contributed by atoms with Gasteiger partial charge in [-0.1, -0.05) is 62.9 Å². The number of ether oxygens (including phenoxy) is 1. The number of nitrogens with one attached hydrogen (secondary N) is 1. The van der Waals surface area contributed by atoms with Gasteiger partial charge in [-0.15, -0.1) is 0 Å². The van der Waals surface area contributed by atoms with Crippen molar-refractivity contribution in [2.45, 2.75) is 51.9 Å². The van der Waals surface area contributed by atoms with Gasteiger partial charge in [0.2, 0.25) is 11.7 Å². The predicted molar refractivity (Wildman–Crippen MR) is 121 cm³/mol. The van der Waals surface area contributed by atoms with Crippen LogP contribution in [0.2, 0.25) is 0 Å². The molecule has 0 heterocycles. The van der Waals surface area contributed by atoms with Gasteiger partial charge in [-0.3, -0.25) is 14.4 Å². The average Bonchev–Trinajstić information content (AvgIpc) is 3.32. The number of allylic oxidation sites excluding steroid dienone is 1. The summed E-state index contributed by atoms with van der Waals surface area (Å²) in [7, 11) is 0. The number of carbonyl (C=O) groups excluding carboxylic acids is 3. The number of hydrogen-bond acceptors (Lipinski definition) is 4. The Labute approximate surface area is 183 Å². The summed E-state index contributed by atoms with van der Waals surface area (Å²) in [6, 6.07) is 15.0. The molecule has 31 heavy (non-hydrogen) atoms. The van der Waals surface area contributed by atoms with Gasteiger partial charge < -0.3 is 10.1 Å². The SMILES string of the molecule is CCc1ccccc1Oc1ccc(/C=C(\NC(=O)CCC2CCCC2)C(=O)C=O)cc1. The first kappa shape index (κ1) is 22.5. The van der Waals surface area contributed by atoms with Crippen LogP contribution in [0.4, 0.5) is 0 Å². The van der Waals surface area contributed by atoms with E-state index in [2.05, 4.69) is 12.2 Å². The zero-order chi connectivity index (χ0) is 22.1. The van der Waals surface area contributed by atoms with Crippen molar-refractivity contribution in [3.63, 3.8) is 0 Å². The Morgan fingerprint density at radius 1 is 1.06 bits per heavy atom. The fourth-order valence-corrected chi connectivity index (χ4v) is 3.90. The van der Waals surface area contributed by atoms with E-state index in [-0.39, 0.29) is 17.9 Å². The maximum Gasteiger partial charge on any atom is 0.241 e. The van der Waals surface area contributed by atoms with Crippen molar-refractivity contribution >= 4 is 24.1 Å². The highest BCUT2D eigenvalue weighted by molar-refractivity contribution is 6.34. The second-order valence-electron chi connectivity index (χ2n) is 7.91. The number of Topliss-reactive ketones (excluding diaryl/α,β-unsaturated/α-hetero) is 1. The number of aldehydes is 1. The molecule has 0 bridgehead atoms. The molecule has 0 atom stereocenters. The molecule has 1 aliphatic carbocycles. The van der Waals surface area contributed by atoms with Crippen molar-refractivity contribution in [2.75, 3.05) is 0 Å². The molecule has 0 saturated heterocycles. The van der Waals surface area contributed by atoms with E-state index in [1.807, 2.05) is 24.3 Å². The third-order valence-corrected chi connectivity index (χ3v) is 5.67. The molecule has 0 unspecified atom stereocenters. The lowest BCUT2D eigenvalue weighted by Crippen LogP contribution is -2.28. The Hall–Kier alpha value is -3.21. The summed E-state index contributed by atoms with van der Waals surface area (Å²) in [5.41, 5.74) is 1.81. The van der Waals surface area contributed by atoms with E-state index in [9.17, 15) is 14.4 Å². The Balaban J connectivity index is 1.66. The first-order chi connectivity index (χ1) is 15.1. The second kappa shape index (κ2) is 11.3. The Bertz CT molecular complexity index is 940. The lowest BCUT2D eigenvalue weighted by atomic mass is 10.0. The Kier molecular flexibility index (Phi) is 8.16. The molecule has 2 aromatic carbocycles. The largest absolute Gasteiger partial charge is 0.457 e. The van der Waals surface area contributed by atoms with Gasteiger partial charge in [0.05, 0.1) is 5.70 Å². The van der Waals surface area contributed by atoms with Crippen molar-refractivity contribution in [2.24, 2.45) is 5.92 Å². The van der Waals surface area contributed by atoms with E-state index in [1.165, 1.54) is 31.8 Å². The summed E-state index contributed by atoms with van der Waals surface area (Å²) >= 11 is 0. The second-order valence-corrected chi connectivity index (χ2v) is 7.91. The molecule has 0 aromatic heterocycles. The highest BCUT2D eigenvalue weighted by Gasteiger charge is 2.18. The van der Waals surface area contributed by atoms with Gasteiger partial charge in [0.25, 0.3) is 0 Å². The fourth-order valence-electron chi connectivity index (χ4n) is 3.90. The van der Waals surface area contributed by atoms with E-state index in [0.29, 0.717) is 23.7 Å². The maximum absolute atomic E-state index is 12.3. The summed E-state index contributed by atoms with van der Waals surface area (Å²) in [5.74, 6) is 1.09. The minimum Gasteiger partial charge on any atom is -0.457 e. The quantitative estimate of drug-likeness (QED) is 0.325. The molecular formula is C26H29NO4. The molecule has 5 heteroatoms. The topological polar surface area (TPSA) is 72.5 Å². The number of amides is 1. The molecule has 1 aliphatic rings. The molecule has 0 spiro atoms.